The lowest BCUT2D eigenvalue weighted by atomic mass is 10.1. The molecule has 5 nitrogen and oxygen atoms in total. The highest BCUT2D eigenvalue weighted by molar-refractivity contribution is 6.30. The van der Waals surface area contributed by atoms with Crippen molar-refractivity contribution in [1.29, 1.82) is 0 Å². The molecule has 3 aromatic rings. The second kappa shape index (κ2) is 6.40. The van der Waals surface area contributed by atoms with E-state index in [0.717, 1.165) is 0 Å². The number of rotatable bonds is 4. The van der Waals surface area contributed by atoms with Crippen LogP contribution in [0.25, 0.3) is 22.3 Å². The van der Waals surface area contributed by atoms with Gasteiger partial charge in [0.05, 0.1) is 5.56 Å². The molecular weight excluding hydrogens is 314 g/mol. The van der Waals surface area contributed by atoms with Gasteiger partial charge in [-0.05, 0) is 43.3 Å². The molecule has 0 atom stereocenters. The first-order valence-corrected chi connectivity index (χ1v) is 7.72. The van der Waals surface area contributed by atoms with Crippen molar-refractivity contribution in [2.45, 2.75) is 13.0 Å². The molecule has 2 aromatic carbocycles. The quantitative estimate of drug-likeness (QED) is 0.589. The van der Waals surface area contributed by atoms with Crippen LogP contribution in [-0.4, -0.2) is 11.1 Å². The second-order valence-corrected chi connectivity index (χ2v) is 5.67. The molecule has 1 heterocycles. The number of hydrogen-bond donors (Lipinski definition) is 1. The molecule has 0 saturated carbocycles. The molecule has 0 aliphatic rings. The summed E-state index contributed by atoms with van der Waals surface area (Å²) < 4.78 is 2.31. The average molecular weight is 330 g/mol. The maximum Gasteiger partial charge on any atom is 0.325 e. The summed E-state index contributed by atoms with van der Waals surface area (Å²) in [6.07, 6.45) is 0.660. The minimum atomic E-state index is -0.325. The zero-order chi connectivity index (χ0) is 16.4. The van der Waals surface area contributed by atoms with E-state index in [4.69, 9.17) is 17.3 Å². The van der Waals surface area contributed by atoms with Crippen molar-refractivity contribution in [3.05, 3.63) is 69.1 Å². The Balaban J connectivity index is 2.33. The smallest absolute Gasteiger partial charge is 0.325 e. The van der Waals surface area contributed by atoms with Gasteiger partial charge >= 0.3 is 5.56 Å². The van der Waals surface area contributed by atoms with Crippen molar-refractivity contribution in [3.8, 4) is 11.3 Å². The number of fused-ring (bicyclic) bond motifs is 1. The Hall–Kier alpha value is -2.37. The molecule has 0 fully saturated rings. The molecule has 0 unspecified atom stereocenters. The molecule has 1 aromatic heterocycles. The minimum absolute atomic E-state index is 0.0948. The van der Waals surface area contributed by atoms with Gasteiger partial charge in [0.1, 0.15) is 5.52 Å². The van der Waals surface area contributed by atoms with Gasteiger partial charge in [-0.3, -0.25) is 9.36 Å². The molecule has 0 saturated heterocycles. The zero-order valence-electron chi connectivity index (χ0n) is 12.4. The summed E-state index contributed by atoms with van der Waals surface area (Å²) in [5, 5.41) is 13.3. The van der Waals surface area contributed by atoms with Crippen molar-refractivity contribution < 1.29 is 4.73 Å². The topological polar surface area (TPSA) is 75.0 Å². The summed E-state index contributed by atoms with van der Waals surface area (Å²) in [6, 6.07) is 13.7. The van der Waals surface area contributed by atoms with Crippen LogP contribution in [0.1, 0.15) is 6.42 Å². The van der Waals surface area contributed by atoms with Crippen molar-refractivity contribution in [1.82, 2.24) is 4.57 Å². The van der Waals surface area contributed by atoms with Gasteiger partial charge in [0.2, 0.25) is 5.52 Å². The third kappa shape index (κ3) is 2.81. The summed E-state index contributed by atoms with van der Waals surface area (Å²) in [6.45, 7) is 0.945. The number of para-hydroxylation sites is 2. The molecule has 2 N–H and O–H groups in total. The second-order valence-electron chi connectivity index (χ2n) is 5.24. The number of aryl methyl sites for hydroxylation is 1. The summed E-state index contributed by atoms with van der Waals surface area (Å²) in [4.78, 5) is 12.9. The zero-order valence-corrected chi connectivity index (χ0v) is 13.2. The molecule has 0 bridgehead atoms. The van der Waals surface area contributed by atoms with E-state index in [2.05, 4.69) is 0 Å². The van der Waals surface area contributed by atoms with Crippen LogP contribution < -0.4 is 16.0 Å². The Morgan fingerprint density at radius 2 is 1.83 bits per heavy atom. The van der Waals surface area contributed by atoms with E-state index in [9.17, 15) is 10.0 Å². The fourth-order valence-corrected chi connectivity index (χ4v) is 2.75. The molecule has 23 heavy (non-hydrogen) atoms. The van der Waals surface area contributed by atoms with Crippen LogP contribution >= 0.6 is 11.6 Å². The van der Waals surface area contributed by atoms with Crippen molar-refractivity contribution in [2.24, 2.45) is 5.73 Å². The molecule has 118 valence electrons. The summed E-state index contributed by atoms with van der Waals surface area (Å²) in [5.74, 6) is 0. The van der Waals surface area contributed by atoms with Crippen LogP contribution in [0.5, 0.6) is 0 Å². The fourth-order valence-electron chi connectivity index (χ4n) is 2.63. The van der Waals surface area contributed by atoms with Gasteiger partial charge in [0.15, 0.2) is 0 Å². The normalized spacial score (nSPS) is 11.0. The molecule has 0 aliphatic heterocycles. The molecule has 0 aliphatic carbocycles. The van der Waals surface area contributed by atoms with Gasteiger partial charge in [-0.25, -0.2) is 0 Å². The third-order valence-corrected chi connectivity index (χ3v) is 4.00. The van der Waals surface area contributed by atoms with Gasteiger partial charge in [0.25, 0.3) is 5.69 Å². The van der Waals surface area contributed by atoms with Crippen LogP contribution in [0.15, 0.2) is 53.3 Å². The summed E-state index contributed by atoms with van der Waals surface area (Å²) >= 11 is 5.89. The van der Waals surface area contributed by atoms with Crippen LogP contribution in [0.4, 0.5) is 0 Å². The number of benzene rings is 2. The van der Waals surface area contributed by atoms with Crippen molar-refractivity contribution in [3.63, 3.8) is 0 Å². The first-order chi connectivity index (χ1) is 11.1. The molecular formula is C17H16ClN3O2. The Labute approximate surface area is 138 Å². The van der Waals surface area contributed by atoms with Gasteiger partial charge in [-0.15, -0.1) is 0 Å². The van der Waals surface area contributed by atoms with Crippen molar-refractivity contribution >= 4 is 22.6 Å². The predicted molar refractivity (Wildman–Crippen MR) is 91.3 cm³/mol. The highest BCUT2D eigenvalue weighted by Crippen LogP contribution is 2.18. The van der Waals surface area contributed by atoms with E-state index < -0.39 is 0 Å². The third-order valence-electron chi connectivity index (χ3n) is 3.75. The van der Waals surface area contributed by atoms with Gasteiger partial charge in [0, 0.05) is 17.6 Å². The minimum Gasteiger partial charge on any atom is -0.618 e. The largest absolute Gasteiger partial charge is 0.618 e. The van der Waals surface area contributed by atoms with Crippen LogP contribution in [0.2, 0.25) is 5.02 Å². The van der Waals surface area contributed by atoms with Gasteiger partial charge in [-0.1, -0.05) is 23.7 Å². The van der Waals surface area contributed by atoms with E-state index in [1.54, 1.807) is 47.0 Å². The SMILES string of the molecule is NCCCn1c(=O)c(-c2ccc(Cl)cc2)[n+]([O-])c2ccccc21. The highest BCUT2D eigenvalue weighted by atomic mass is 35.5. The van der Waals surface area contributed by atoms with E-state index in [-0.39, 0.29) is 11.3 Å². The van der Waals surface area contributed by atoms with Crippen molar-refractivity contribution in [2.75, 3.05) is 6.54 Å². The molecule has 0 radical (unpaired) electrons. The average Bonchev–Trinajstić information content (AvgIpc) is 2.57. The van der Waals surface area contributed by atoms with Crippen LogP contribution in [-0.2, 0) is 6.54 Å². The van der Waals surface area contributed by atoms with E-state index in [0.29, 0.717) is 45.9 Å². The molecule has 0 spiro atoms. The summed E-state index contributed by atoms with van der Waals surface area (Å²) in [5.41, 5.74) is 6.95. The number of nitrogens with two attached hydrogens (primary N) is 1. The van der Waals surface area contributed by atoms with Crippen LogP contribution in [0, 0.1) is 5.21 Å². The number of hydrogen-bond acceptors (Lipinski definition) is 3. The standard InChI is InChI=1S/C17H16ClN3O2/c18-13-8-6-12(7-9-13)16-17(22)20(11-3-10-19)14-4-1-2-5-15(14)21(16)23/h1-2,4-9H,3,10-11,19H2. The maximum absolute atomic E-state index is 12.9. The Morgan fingerprint density at radius 3 is 2.52 bits per heavy atom. The lowest BCUT2D eigenvalue weighted by molar-refractivity contribution is -0.566. The monoisotopic (exact) mass is 329 g/mol. The van der Waals surface area contributed by atoms with Gasteiger partial charge < -0.3 is 10.9 Å². The van der Waals surface area contributed by atoms with E-state index >= 15 is 0 Å². The lowest BCUT2D eigenvalue weighted by Crippen LogP contribution is -2.41. The predicted octanol–water partition coefficient (Wildman–Crippen LogP) is 2.30. The first-order valence-electron chi connectivity index (χ1n) is 7.34. The number of aromatic nitrogens is 2. The Bertz CT molecular complexity index is 904. The summed E-state index contributed by atoms with van der Waals surface area (Å²) in [7, 11) is 0. The Kier molecular flexibility index (Phi) is 4.32. The Morgan fingerprint density at radius 1 is 1.13 bits per heavy atom. The molecule has 6 heteroatoms. The van der Waals surface area contributed by atoms with E-state index in [1.807, 2.05) is 6.07 Å². The lowest BCUT2D eigenvalue weighted by Gasteiger charge is -2.13. The number of nitrogens with zero attached hydrogens (tertiary/aromatic N) is 2. The molecule has 0 amide bonds. The molecule has 3 rings (SSSR count). The van der Waals surface area contributed by atoms with Gasteiger partial charge in [-0.2, -0.15) is 4.73 Å². The maximum atomic E-state index is 12.9. The van der Waals surface area contributed by atoms with E-state index in [1.165, 1.54) is 0 Å². The highest BCUT2D eigenvalue weighted by Gasteiger charge is 2.21. The number of halogens is 1. The fraction of sp³-hybridized carbons (Fsp3) is 0.176. The first kappa shape index (κ1) is 15.5. The van der Waals surface area contributed by atoms with Crippen LogP contribution in [0.3, 0.4) is 0 Å².